The van der Waals surface area contributed by atoms with Crippen LogP contribution in [-0.2, 0) is 16.9 Å². The number of halogens is 1. The third kappa shape index (κ3) is 6.01. The molecule has 1 aromatic heterocycles. The summed E-state index contributed by atoms with van der Waals surface area (Å²) in [5, 5.41) is 16.9. The molecule has 1 saturated heterocycles. The highest BCUT2D eigenvalue weighted by atomic mass is 35.5. The molecule has 5 N–H and O–H groups in total. The number of carbonyl (C=O) groups excluding carboxylic acids is 2. The average molecular weight is 541 g/mol. The van der Waals surface area contributed by atoms with Crippen LogP contribution < -0.4 is 11.5 Å². The largest absolute Gasteiger partial charge is 0.450 e. The van der Waals surface area contributed by atoms with Crippen molar-refractivity contribution in [3.05, 3.63) is 76.1 Å². The van der Waals surface area contributed by atoms with Gasteiger partial charge in [-0.3, -0.25) is 4.79 Å². The summed E-state index contributed by atoms with van der Waals surface area (Å²) in [4.78, 5) is 26.1. The number of rotatable bonds is 9. The molecular weight excluding hydrogens is 508 g/mol. The topological polar surface area (TPSA) is 145 Å². The number of piperidine rings is 1. The van der Waals surface area contributed by atoms with Gasteiger partial charge in [0.2, 0.25) is 0 Å². The summed E-state index contributed by atoms with van der Waals surface area (Å²) in [6, 6.07) is 15.0. The standard InChI is InChI=1S/C28H33ClN4O5/c1-18-6-2-7-19(14-18)25-22(9-3-10-23(25)29)28(36,11-5-13-37-27(31)35)20-8-4-12-33(17-20)26(34)24-15-21(16-30)38-32-24/h2-3,6-7,9-10,14-15,20,36H,4-5,8,11-13,16-17,30H2,1H3,(H2,31,35)/t20-,28+/m1/s1. The van der Waals surface area contributed by atoms with E-state index in [0.29, 0.717) is 48.7 Å². The molecule has 0 aliphatic carbocycles. The Morgan fingerprint density at radius 2 is 2.05 bits per heavy atom. The number of primary amides is 1. The molecule has 2 atom stereocenters. The van der Waals surface area contributed by atoms with Crippen LogP contribution in [0.4, 0.5) is 4.79 Å². The van der Waals surface area contributed by atoms with E-state index in [4.69, 9.17) is 32.3 Å². The molecule has 4 rings (SSSR count). The first-order valence-corrected chi connectivity index (χ1v) is 13.1. The number of amides is 2. The monoisotopic (exact) mass is 540 g/mol. The summed E-state index contributed by atoms with van der Waals surface area (Å²) < 4.78 is 10.1. The van der Waals surface area contributed by atoms with E-state index >= 15 is 0 Å². The minimum Gasteiger partial charge on any atom is -0.450 e. The lowest BCUT2D eigenvalue weighted by Gasteiger charge is -2.43. The Kier molecular flexibility index (Phi) is 8.71. The number of aryl methyl sites for hydroxylation is 1. The van der Waals surface area contributed by atoms with Gasteiger partial charge in [-0.05, 0) is 49.8 Å². The third-order valence-electron chi connectivity index (χ3n) is 7.10. The number of carbonyl (C=O) groups is 2. The van der Waals surface area contributed by atoms with E-state index in [-0.39, 0.29) is 37.1 Å². The van der Waals surface area contributed by atoms with Gasteiger partial charge in [-0.1, -0.05) is 58.7 Å². The highest BCUT2D eigenvalue weighted by Crippen LogP contribution is 2.45. The molecule has 1 aliphatic heterocycles. The molecule has 2 heterocycles. The van der Waals surface area contributed by atoms with Gasteiger partial charge in [0.05, 0.1) is 18.8 Å². The summed E-state index contributed by atoms with van der Waals surface area (Å²) in [6.07, 6.45) is 1.15. The fraction of sp³-hybridized carbons (Fsp3) is 0.393. The number of ether oxygens (including phenoxy) is 1. The second kappa shape index (κ2) is 12.0. The van der Waals surface area contributed by atoms with Crippen molar-refractivity contribution in [1.29, 1.82) is 0 Å². The van der Waals surface area contributed by atoms with E-state index in [9.17, 15) is 14.7 Å². The van der Waals surface area contributed by atoms with Gasteiger partial charge in [-0.25, -0.2) is 4.79 Å². The van der Waals surface area contributed by atoms with E-state index in [1.54, 1.807) is 17.0 Å². The number of aromatic nitrogens is 1. The third-order valence-corrected chi connectivity index (χ3v) is 7.41. The predicted octanol–water partition coefficient (Wildman–Crippen LogP) is 4.38. The van der Waals surface area contributed by atoms with E-state index in [2.05, 4.69) is 5.16 Å². The Hall–Kier alpha value is -3.40. The number of aliphatic hydroxyl groups is 1. The molecule has 0 unspecified atom stereocenters. The molecule has 10 heteroatoms. The Morgan fingerprint density at radius 3 is 2.76 bits per heavy atom. The van der Waals surface area contributed by atoms with Crippen molar-refractivity contribution in [3.8, 4) is 11.1 Å². The number of nitrogens with two attached hydrogens (primary N) is 2. The summed E-state index contributed by atoms with van der Waals surface area (Å²) in [7, 11) is 0. The fourth-order valence-corrected chi connectivity index (χ4v) is 5.56. The van der Waals surface area contributed by atoms with E-state index in [1.165, 1.54) is 0 Å². The number of benzene rings is 2. The van der Waals surface area contributed by atoms with Crippen LogP contribution in [0.3, 0.4) is 0 Å². The number of hydrogen-bond acceptors (Lipinski definition) is 7. The Bertz CT molecular complexity index is 1300. The molecule has 0 spiro atoms. The molecule has 2 aromatic carbocycles. The smallest absolute Gasteiger partial charge is 0.404 e. The number of hydrogen-bond donors (Lipinski definition) is 3. The lowest BCUT2D eigenvalue weighted by atomic mass is 9.72. The Balaban J connectivity index is 1.71. The maximum Gasteiger partial charge on any atom is 0.404 e. The Labute approximate surface area is 226 Å². The van der Waals surface area contributed by atoms with Gasteiger partial charge in [0.25, 0.3) is 5.91 Å². The lowest BCUT2D eigenvalue weighted by Crippen LogP contribution is -2.48. The maximum absolute atomic E-state index is 13.2. The van der Waals surface area contributed by atoms with Gasteiger partial charge in [-0.15, -0.1) is 0 Å². The fourth-order valence-electron chi connectivity index (χ4n) is 5.28. The normalized spacial score (nSPS) is 17.2. The van der Waals surface area contributed by atoms with Crippen molar-refractivity contribution >= 4 is 23.6 Å². The van der Waals surface area contributed by atoms with Crippen molar-refractivity contribution in [2.24, 2.45) is 17.4 Å². The van der Waals surface area contributed by atoms with Crippen LogP contribution in [0.15, 0.2) is 53.1 Å². The van der Waals surface area contributed by atoms with Crippen molar-refractivity contribution in [3.63, 3.8) is 0 Å². The van der Waals surface area contributed by atoms with Gasteiger partial charge < -0.3 is 30.7 Å². The first kappa shape index (κ1) is 27.6. The summed E-state index contributed by atoms with van der Waals surface area (Å²) >= 11 is 6.75. The van der Waals surface area contributed by atoms with E-state index in [1.807, 2.05) is 43.3 Å². The quantitative estimate of drug-likeness (QED) is 0.341. The van der Waals surface area contributed by atoms with Gasteiger partial charge in [0, 0.05) is 35.7 Å². The zero-order chi connectivity index (χ0) is 27.3. The molecule has 2 amide bonds. The molecule has 1 aliphatic rings. The highest BCUT2D eigenvalue weighted by Gasteiger charge is 2.43. The molecule has 0 saturated carbocycles. The second-order valence-electron chi connectivity index (χ2n) is 9.70. The molecule has 9 nitrogen and oxygen atoms in total. The van der Waals surface area contributed by atoms with Crippen molar-refractivity contribution in [2.45, 2.75) is 44.8 Å². The van der Waals surface area contributed by atoms with Crippen LogP contribution in [-0.4, -0.2) is 46.9 Å². The maximum atomic E-state index is 13.2. The minimum absolute atomic E-state index is 0.0636. The number of likely N-dealkylation sites (tertiary alicyclic amines) is 1. The first-order valence-electron chi connectivity index (χ1n) is 12.7. The SMILES string of the molecule is Cc1cccc(-c2c(Cl)cccc2[C@](O)(CCCOC(N)=O)[C@@H]2CCCN(C(=O)c3cc(CN)on3)C2)c1. The van der Waals surface area contributed by atoms with Crippen molar-refractivity contribution in [2.75, 3.05) is 19.7 Å². The molecule has 0 bridgehead atoms. The van der Waals surface area contributed by atoms with E-state index in [0.717, 1.165) is 16.7 Å². The average Bonchev–Trinajstić information content (AvgIpc) is 3.40. The van der Waals surface area contributed by atoms with Gasteiger partial charge >= 0.3 is 6.09 Å². The predicted molar refractivity (Wildman–Crippen MR) is 143 cm³/mol. The van der Waals surface area contributed by atoms with Crippen LogP contribution in [0.2, 0.25) is 5.02 Å². The van der Waals surface area contributed by atoms with Crippen LogP contribution in [0.1, 0.15) is 53.1 Å². The van der Waals surface area contributed by atoms with E-state index < -0.39 is 11.7 Å². The first-order chi connectivity index (χ1) is 18.2. The molecule has 1 fully saturated rings. The van der Waals surface area contributed by atoms with Gasteiger partial charge in [0.1, 0.15) is 0 Å². The van der Waals surface area contributed by atoms with Gasteiger partial charge in [-0.2, -0.15) is 0 Å². The van der Waals surface area contributed by atoms with Crippen molar-refractivity contribution in [1.82, 2.24) is 10.1 Å². The Morgan fingerprint density at radius 1 is 1.26 bits per heavy atom. The molecular formula is C28H33ClN4O5. The van der Waals surface area contributed by atoms with Crippen LogP contribution >= 0.6 is 11.6 Å². The van der Waals surface area contributed by atoms with Crippen LogP contribution in [0.25, 0.3) is 11.1 Å². The molecule has 38 heavy (non-hydrogen) atoms. The van der Waals surface area contributed by atoms with Crippen molar-refractivity contribution < 1.29 is 24.0 Å². The zero-order valence-corrected chi connectivity index (χ0v) is 22.1. The number of nitrogens with zero attached hydrogens (tertiary/aromatic N) is 2. The molecule has 202 valence electrons. The minimum atomic E-state index is -1.38. The molecule has 3 aromatic rings. The summed E-state index contributed by atoms with van der Waals surface area (Å²) in [5.41, 5.74) is 12.9. The summed E-state index contributed by atoms with van der Waals surface area (Å²) in [6.45, 7) is 3.04. The lowest BCUT2D eigenvalue weighted by molar-refractivity contribution is -0.0588. The van der Waals surface area contributed by atoms with Gasteiger partial charge in [0.15, 0.2) is 11.5 Å². The highest BCUT2D eigenvalue weighted by molar-refractivity contribution is 6.33. The zero-order valence-electron chi connectivity index (χ0n) is 21.4. The summed E-state index contributed by atoms with van der Waals surface area (Å²) in [5.74, 6) is -0.172. The van der Waals surface area contributed by atoms with Crippen LogP contribution in [0, 0.1) is 12.8 Å². The second-order valence-corrected chi connectivity index (χ2v) is 10.1. The van der Waals surface area contributed by atoms with Crippen LogP contribution in [0.5, 0.6) is 0 Å². The molecule has 0 radical (unpaired) electrons.